The van der Waals surface area contributed by atoms with E-state index in [2.05, 4.69) is 39.1 Å². The van der Waals surface area contributed by atoms with Crippen LogP contribution in [0.25, 0.3) is 0 Å². The Morgan fingerprint density at radius 2 is 2.03 bits per heavy atom. The van der Waals surface area contributed by atoms with E-state index in [-0.39, 0.29) is 5.91 Å². The maximum Gasteiger partial charge on any atom is 0.253 e. The number of hydrogen-bond acceptors (Lipinski definition) is 7. The number of nitrogens with zero attached hydrogens (tertiary/aromatic N) is 3. The van der Waals surface area contributed by atoms with Gasteiger partial charge in [-0.1, -0.05) is 41.3 Å². The second-order valence-corrected chi connectivity index (χ2v) is 10.2. The van der Waals surface area contributed by atoms with Gasteiger partial charge < -0.3 is 10.2 Å². The third kappa shape index (κ3) is 5.81. The van der Waals surface area contributed by atoms with Crippen LogP contribution < -0.4 is 5.32 Å². The highest BCUT2D eigenvalue weighted by Crippen LogP contribution is 2.28. The Bertz CT molecular complexity index is 920. The smallest absolute Gasteiger partial charge is 0.253 e. The van der Waals surface area contributed by atoms with Crippen molar-refractivity contribution in [3.05, 3.63) is 57.8 Å². The van der Waals surface area contributed by atoms with Gasteiger partial charge in [-0.25, -0.2) is 0 Å². The molecule has 1 amide bonds. The van der Waals surface area contributed by atoms with Gasteiger partial charge in [-0.2, -0.15) is 0 Å². The lowest BCUT2D eigenvalue weighted by molar-refractivity contribution is 0.0724. The number of nitrogens with one attached hydrogen (secondary N) is 1. The molecule has 3 heterocycles. The van der Waals surface area contributed by atoms with Gasteiger partial charge in [-0.05, 0) is 54.8 Å². The van der Waals surface area contributed by atoms with E-state index in [0.717, 1.165) is 65.2 Å². The van der Waals surface area contributed by atoms with Gasteiger partial charge in [0.2, 0.25) is 5.13 Å². The summed E-state index contributed by atoms with van der Waals surface area (Å²) in [4.78, 5) is 16.1. The van der Waals surface area contributed by atoms with Crippen molar-refractivity contribution in [2.75, 3.05) is 25.0 Å². The number of carbonyl (C=O) groups is 1. The Labute approximate surface area is 183 Å². The number of benzene rings is 1. The molecule has 0 unspecified atom stereocenters. The quantitative estimate of drug-likeness (QED) is 0.486. The summed E-state index contributed by atoms with van der Waals surface area (Å²) in [5.41, 5.74) is 1.93. The first-order chi connectivity index (χ1) is 14.3. The lowest BCUT2D eigenvalue weighted by Gasteiger charge is -2.26. The van der Waals surface area contributed by atoms with Crippen LogP contribution in [0.5, 0.6) is 0 Å². The highest BCUT2D eigenvalue weighted by atomic mass is 32.2. The summed E-state index contributed by atoms with van der Waals surface area (Å²) < 4.78 is 0.941. The fourth-order valence-corrected chi connectivity index (χ4v) is 5.74. The van der Waals surface area contributed by atoms with Crippen molar-refractivity contribution < 1.29 is 4.79 Å². The van der Waals surface area contributed by atoms with Gasteiger partial charge in [0.25, 0.3) is 5.91 Å². The van der Waals surface area contributed by atoms with Crippen molar-refractivity contribution in [3.8, 4) is 0 Å². The normalized spacial score (nSPS) is 14.1. The van der Waals surface area contributed by atoms with E-state index in [1.165, 1.54) is 11.3 Å². The molecule has 5 nitrogen and oxygen atoms in total. The van der Waals surface area contributed by atoms with Crippen molar-refractivity contribution in [2.24, 2.45) is 0 Å². The second kappa shape index (κ2) is 10.2. The molecule has 2 aromatic heterocycles. The summed E-state index contributed by atoms with van der Waals surface area (Å²) in [5, 5.41) is 14.8. The Kier molecular flexibility index (Phi) is 7.18. The van der Waals surface area contributed by atoms with Crippen LogP contribution in [0.1, 0.15) is 40.1 Å². The molecule has 0 atom stereocenters. The van der Waals surface area contributed by atoms with Crippen LogP contribution in [0.4, 0.5) is 5.13 Å². The zero-order valence-electron chi connectivity index (χ0n) is 16.2. The molecule has 8 heteroatoms. The number of hydrogen-bond donors (Lipinski definition) is 1. The van der Waals surface area contributed by atoms with Crippen molar-refractivity contribution in [3.63, 3.8) is 0 Å². The van der Waals surface area contributed by atoms with Gasteiger partial charge in [-0.15, -0.1) is 21.5 Å². The summed E-state index contributed by atoms with van der Waals surface area (Å²) in [7, 11) is 0. The number of thiophene rings is 1. The predicted molar refractivity (Wildman–Crippen MR) is 122 cm³/mol. The van der Waals surface area contributed by atoms with Gasteiger partial charge in [0.1, 0.15) is 0 Å². The first-order valence-electron chi connectivity index (χ1n) is 9.89. The van der Waals surface area contributed by atoms with Gasteiger partial charge in [0.15, 0.2) is 4.34 Å². The maximum atomic E-state index is 12.7. The third-order valence-electron chi connectivity index (χ3n) is 4.81. The Balaban J connectivity index is 1.28. The maximum absolute atomic E-state index is 12.7. The highest BCUT2D eigenvalue weighted by molar-refractivity contribution is 8.00. The Morgan fingerprint density at radius 3 is 2.86 bits per heavy atom. The van der Waals surface area contributed by atoms with E-state index in [1.54, 1.807) is 34.4 Å². The van der Waals surface area contributed by atoms with Gasteiger partial charge in [0.05, 0.1) is 0 Å². The first kappa shape index (κ1) is 20.4. The highest BCUT2D eigenvalue weighted by Gasteiger charge is 2.18. The second-order valence-electron chi connectivity index (χ2n) is 6.97. The molecular weight excluding hydrogens is 420 g/mol. The monoisotopic (exact) mass is 444 g/mol. The first-order valence-corrected chi connectivity index (χ1v) is 12.6. The number of anilines is 1. The fraction of sp³-hybridized carbons (Fsp3) is 0.381. The molecule has 1 aromatic carbocycles. The molecule has 1 saturated heterocycles. The van der Waals surface area contributed by atoms with Crippen molar-refractivity contribution in [1.82, 2.24) is 15.1 Å². The summed E-state index contributed by atoms with van der Waals surface area (Å²) in [6.07, 6.45) is 4.45. The van der Waals surface area contributed by atoms with Gasteiger partial charge >= 0.3 is 0 Å². The topological polar surface area (TPSA) is 58.1 Å². The van der Waals surface area contributed by atoms with Crippen molar-refractivity contribution in [1.29, 1.82) is 0 Å². The molecule has 1 N–H and O–H groups in total. The van der Waals surface area contributed by atoms with Crippen LogP contribution in [0.15, 0.2) is 46.1 Å². The minimum absolute atomic E-state index is 0.157. The summed E-state index contributed by atoms with van der Waals surface area (Å²) in [6, 6.07) is 12.2. The zero-order valence-corrected chi connectivity index (χ0v) is 18.6. The molecule has 1 fully saturated rings. The Morgan fingerprint density at radius 1 is 1.14 bits per heavy atom. The summed E-state index contributed by atoms with van der Waals surface area (Å²) in [5.74, 6) is 0.940. The lowest BCUT2D eigenvalue weighted by Crippen LogP contribution is -2.35. The standard InChI is InChI=1S/C21H24N4OS3/c26-19(25-11-2-1-3-12-25)17-7-4-6-16(14-17)15-28-21-24-23-20(29-21)22-10-9-18-8-5-13-27-18/h4-8,13-14H,1-3,9-12,15H2,(H,22,23). The minimum Gasteiger partial charge on any atom is -0.360 e. The van der Waals surface area contributed by atoms with Crippen LogP contribution in [-0.2, 0) is 12.2 Å². The lowest BCUT2D eigenvalue weighted by atomic mass is 10.1. The number of carbonyl (C=O) groups excluding carboxylic acids is 1. The van der Waals surface area contributed by atoms with Gasteiger partial charge in [0, 0.05) is 35.8 Å². The molecule has 152 valence electrons. The molecule has 0 aliphatic carbocycles. The molecule has 1 aliphatic rings. The third-order valence-corrected chi connectivity index (χ3v) is 7.84. The van der Waals surface area contributed by atoms with E-state index in [9.17, 15) is 4.79 Å². The molecule has 1 aliphatic heterocycles. The molecule has 0 spiro atoms. The van der Waals surface area contributed by atoms with Crippen LogP contribution in [0, 0.1) is 0 Å². The van der Waals surface area contributed by atoms with Crippen molar-refractivity contribution in [2.45, 2.75) is 35.8 Å². The number of thioether (sulfide) groups is 1. The van der Waals surface area contributed by atoms with E-state index in [0.29, 0.717) is 0 Å². The summed E-state index contributed by atoms with van der Waals surface area (Å²) in [6.45, 7) is 2.62. The average molecular weight is 445 g/mol. The van der Waals surface area contributed by atoms with Crippen molar-refractivity contribution >= 4 is 45.5 Å². The van der Waals surface area contributed by atoms with E-state index < -0.39 is 0 Å². The zero-order chi connectivity index (χ0) is 19.9. The van der Waals surface area contributed by atoms with E-state index >= 15 is 0 Å². The fourth-order valence-electron chi connectivity index (χ4n) is 3.31. The van der Waals surface area contributed by atoms with Crippen LogP contribution in [0.3, 0.4) is 0 Å². The molecule has 0 bridgehead atoms. The van der Waals surface area contributed by atoms with Crippen LogP contribution in [-0.4, -0.2) is 40.6 Å². The number of piperidine rings is 1. The minimum atomic E-state index is 0.157. The molecular formula is C21H24N4OS3. The van der Waals surface area contributed by atoms with Gasteiger partial charge in [-0.3, -0.25) is 4.79 Å². The largest absolute Gasteiger partial charge is 0.360 e. The number of rotatable bonds is 8. The Hall–Kier alpha value is -1.90. The number of amides is 1. The molecule has 4 rings (SSSR count). The molecule has 0 radical (unpaired) electrons. The van der Waals surface area contributed by atoms with E-state index in [4.69, 9.17) is 0 Å². The molecule has 29 heavy (non-hydrogen) atoms. The summed E-state index contributed by atoms with van der Waals surface area (Å²) >= 11 is 5.02. The number of likely N-dealkylation sites (tertiary alicyclic amines) is 1. The van der Waals surface area contributed by atoms with Crippen LogP contribution >= 0.6 is 34.4 Å². The molecule has 3 aromatic rings. The van der Waals surface area contributed by atoms with Crippen LogP contribution in [0.2, 0.25) is 0 Å². The average Bonchev–Trinajstić information content (AvgIpc) is 3.45. The SMILES string of the molecule is O=C(c1cccc(CSc2nnc(NCCc3cccs3)s2)c1)N1CCCCC1. The predicted octanol–water partition coefficient (Wildman–Crippen LogP) is 5.17. The molecule has 0 saturated carbocycles. The van der Waals surface area contributed by atoms with E-state index in [1.807, 2.05) is 23.1 Å². The number of aromatic nitrogens is 2.